The smallest absolute Gasteiger partial charge is 0.257 e. The van der Waals surface area contributed by atoms with E-state index in [4.69, 9.17) is 11.6 Å². The molecule has 0 fully saturated rings. The van der Waals surface area contributed by atoms with Crippen LogP contribution in [0.2, 0.25) is 5.15 Å². The van der Waals surface area contributed by atoms with Gasteiger partial charge in [0.2, 0.25) is 0 Å². The fraction of sp³-hybridized carbons (Fsp3) is 0.600. The van der Waals surface area contributed by atoms with Crippen molar-refractivity contribution in [1.29, 1.82) is 0 Å². The third-order valence-electron chi connectivity index (χ3n) is 3.20. The molecule has 0 spiro atoms. The van der Waals surface area contributed by atoms with Crippen molar-refractivity contribution >= 4 is 17.5 Å². The maximum atomic E-state index is 12.7. The van der Waals surface area contributed by atoms with E-state index < -0.39 is 0 Å². The van der Waals surface area contributed by atoms with Crippen LogP contribution < -0.4 is 0 Å². The lowest BCUT2D eigenvalue weighted by Crippen LogP contribution is -2.42. The quantitative estimate of drug-likeness (QED) is 0.738. The van der Waals surface area contributed by atoms with Crippen LogP contribution in [0.25, 0.3) is 0 Å². The number of hydrogen-bond acceptors (Lipinski definition) is 2. The normalized spacial score (nSPS) is 11.1. The van der Waals surface area contributed by atoms with Gasteiger partial charge < -0.3 is 4.90 Å². The van der Waals surface area contributed by atoms with Gasteiger partial charge in [-0.25, -0.2) is 4.98 Å². The molecule has 3 nitrogen and oxygen atoms in total. The average molecular weight is 283 g/mol. The van der Waals surface area contributed by atoms with Crippen molar-refractivity contribution in [1.82, 2.24) is 9.88 Å². The third kappa shape index (κ3) is 4.20. The summed E-state index contributed by atoms with van der Waals surface area (Å²) in [4.78, 5) is 18.6. The Bertz CT molecular complexity index is 416. The van der Waals surface area contributed by atoms with Crippen molar-refractivity contribution < 1.29 is 4.79 Å². The number of aromatic nitrogens is 1. The Labute approximate surface area is 121 Å². The van der Waals surface area contributed by atoms with E-state index in [0.717, 1.165) is 19.4 Å². The SMILES string of the molecule is CCC(CC)N(CC(C)C)C(=O)c1cccnc1Cl. The summed E-state index contributed by atoms with van der Waals surface area (Å²) < 4.78 is 0. The van der Waals surface area contributed by atoms with Gasteiger partial charge in [0.05, 0.1) is 5.56 Å². The van der Waals surface area contributed by atoms with Crippen LogP contribution in [0.15, 0.2) is 18.3 Å². The molecule has 1 aromatic rings. The van der Waals surface area contributed by atoms with Crippen LogP contribution in [-0.4, -0.2) is 28.4 Å². The summed E-state index contributed by atoms with van der Waals surface area (Å²) >= 11 is 6.03. The molecule has 1 aromatic heterocycles. The number of carbonyl (C=O) groups excluding carboxylic acids is 1. The van der Waals surface area contributed by atoms with E-state index in [9.17, 15) is 4.79 Å². The van der Waals surface area contributed by atoms with E-state index in [1.54, 1.807) is 18.3 Å². The second-order valence-corrected chi connectivity index (χ2v) is 5.52. The first-order chi connectivity index (χ1) is 9.01. The Morgan fingerprint density at radius 1 is 1.37 bits per heavy atom. The third-order valence-corrected chi connectivity index (χ3v) is 3.50. The highest BCUT2D eigenvalue weighted by Crippen LogP contribution is 2.19. The Hall–Kier alpha value is -1.09. The molecule has 0 N–H and O–H groups in total. The van der Waals surface area contributed by atoms with E-state index in [1.807, 2.05) is 4.90 Å². The predicted octanol–water partition coefficient (Wildman–Crippen LogP) is 4.02. The highest BCUT2D eigenvalue weighted by atomic mass is 35.5. The summed E-state index contributed by atoms with van der Waals surface area (Å²) in [6, 6.07) is 3.75. The number of hydrogen-bond donors (Lipinski definition) is 0. The zero-order chi connectivity index (χ0) is 14.4. The Morgan fingerprint density at radius 3 is 2.47 bits per heavy atom. The van der Waals surface area contributed by atoms with Gasteiger partial charge in [-0.15, -0.1) is 0 Å². The van der Waals surface area contributed by atoms with Gasteiger partial charge in [0.1, 0.15) is 5.15 Å². The van der Waals surface area contributed by atoms with E-state index in [2.05, 4.69) is 32.7 Å². The minimum atomic E-state index is -0.0134. The van der Waals surface area contributed by atoms with Gasteiger partial charge in [0, 0.05) is 18.8 Å². The summed E-state index contributed by atoms with van der Waals surface area (Å²) in [5.74, 6) is 0.417. The zero-order valence-electron chi connectivity index (χ0n) is 12.2. The molecular weight excluding hydrogens is 260 g/mol. The summed E-state index contributed by atoms with van der Waals surface area (Å²) in [6.07, 6.45) is 3.50. The largest absolute Gasteiger partial charge is 0.335 e. The molecule has 0 aliphatic carbocycles. The van der Waals surface area contributed by atoms with Crippen molar-refractivity contribution in [3.8, 4) is 0 Å². The van der Waals surface area contributed by atoms with Crippen molar-refractivity contribution in [3.63, 3.8) is 0 Å². The number of nitrogens with zero attached hydrogens (tertiary/aromatic N) is 2. The molecule has 1 rings (SSSR count). The number of halogens is 1. The number of carbonyl (C=O) groups is 1. The van der Waals surface area contributed by atoms with Gasteiger partial charge in [-0.05, 0) is 30.9 Å². The molecule has 0 saturated carbocycles. The highest BCUT2D eigenvalue weighted by molar-refractivity contribution is 6.32. The van der Waals surface area contributed by atoms with Gasteiger partial charge in [0.15, 0.2) is 0 Å². The fourth-order valence-electron chi connectivity index (χ4n) is 2.22. The monoisotopic (exact) mass is 282 g/mol. The van der Waals surface area contributed by atoms with Gasteiger partial charge in [-0.3, -0.25) is 4.79 Å². The van der Waals surface area contributed by atoms with Gasteiger partial charge in [-0.2, -0.15) is 0 Å². The minimum Gasteiger partial charge on any atom is -0.335 e. The lowest BCUT2D eigenvalue weighted by molar-refractivity contribution is 0.0640. The molecule has 0 unspecified atom stereocenters. The maximum Gasteiger partial charge on any atom is 0.257 e. The van der Waals surface area contributed by atoms with Gasteiger partial charge in [-0.1, -0.05) is 39.3 Å². The first kappa shape index (κ1) is 16.0. The summed E-state index contributed by atoms with van der Waals surface area (Å²) in [7, 11) is 0. The molecule has 0 aromatic carbocycles. The molecule has 0 aliphatic rings. The van der Waals surface area contributed by atoms with E-state index in [-0.39, 0.29) is 17.1 Å². The number of amides is 1. The molecule has 4 heteroatoms. The van der Waals surface area contributed by atoms with Crippen molar-refractivity contribution in [3.05, 3.63) is 29.0 Å². The number of rotatable bonds is 6. The molecule has 1 amide bonds. The molecule has 0 saturated heterocycles. The summed E-state index contributed by atoms with van der Waals surface area (Å²) in [5, 5.41) is 0.284. The van der Waals surface area contributed by atoms with Crippen LogP contribution in [0.3, 0.4) is 0 Å². The molecule has 0 bridgehead atoms. The van der Waals surface area contributed by atoms with Crippen LogP contribution in [0.5, 0.6) is 0 Å². The fourth-order valence-corrected chi connectivity index (χ4v) is 2.42. The van der Waals surface area contributed by atoms with Crippen LogP contribution >= 0.6 is 11.6 Å². The number of pyridine rings is 1. The first-order valence-electron chi connectivity index (χ1n) is 6.92. The standard InChI is InChI=1S/C15H23ClN2O/c1-5-12(6-2)18(10-11(3)4)15(19)13-8-7-9-17-14(13)16/h7-9,11-12H,5-6,10H2,1-4H3. The molecule has 19 heavy (non-hydrogen) atoms. The van der Waals surface area contributed by atoms with Gasteiger partial charge >= 0.3 is 0 Å². The van der Waals surface area contributed by atoms with Crippen LogP contribution in [0.4, 0.5) is 0 Å². The predicted molar refractivity (Wildman–Crippen MR) is 79.5 cm³/mol. The van der Waals surface area contributed by atoms with Crippen molar-refractivity contribution in [2.45, 2.75) is 46.6 Å². The first-order valence-corrected chi connectivity index (χ1v) is 7.30. The Balaban J connectivity index is 3.03. The van der Waals surface area contributed by atoms with E-state index >= 15 is 0 Å². The van der Waals surface area contributed by atoms with Crippen LogP contribution in [0.1, 0.15) is 50.9 Å². The zero-order valence-corrected chi connectivity index (χ0v) is 12.9. The van der Waals surface area contributed by atoms with Crippen molar-refractivity contribution in [2.75, 3.05) is 6.54 Å². The lowest BCUT2D eigenvalue weighted by atomic mass is 10.1. The molecule has 0 radical (unpaired) electrons. The maximum absolute atomic E-state index is 12.7. The molecule has 1 heterocycles. The highest BCUT2D eigenvalue weighted by Gasteiger charge is 2.24. The van der Waals surface area contributed by atoms with Crippen molar-refractivity contribution in [2.24, 2.45) is 5.92 Å². The molecule has 106 valence electrons. The molecule has 0 atom stereocenters. The Morgan fingerprint density at radius 2 is 2.00 bits per heavy atom. The summed E-state index contributed by atoms with van der Waals surface area (Å²) in [6.45, 7) is 9.21. The van der Waals surface area contributed by atoms with Crippen LogP contribution in [-0.2, 0) is 0 Å². The lowest BCUT2D eigenvalue weighted by Gasteiger charge is -2.32. The Kier molecular flexibility index (Phi) is 6.29. The minimum absolute atomic E-state index is 0.0134. The average Bonchev–Trinajstić information content (AvgIpc) is 2.38. The second-order valence-electron chi connectivity index (χ2n) is 5.16. The van der Waals surface area contributed by atoms with E-state index in [0.29, 0.717) is 11.5 Å². The molecule has 0 aliphatic heterocycles. The topological polar surface area (TPSA) is 33.2 Å². The van der Waals surface area contributed by atoms with Gasteiger partial charge in [0.25, 0.3) is 5.91 Å². The second kappa shape index (κ2) is 7.49. The summed E-state index contributed by atoms with van der Waals surface area (Å²) in [5.41, 5.74) is 0.497. The molecular formula is C15H23ClN2O. The van der Waals surface area contributed by atoms with E-state index in [1.165, 1.54) is 0 Å². The van der Waals surface area contributed by atoms with Crippen LogP contribution in [0, 0.1) is 5.92 Å².